The minimum absolute atomic E-state index is 0.713. The third-order valence-electron chi connectivity index (χ3n) is 3.00. The molecule has 1 aromatic heterocycles. The van der Waals surface area contributed by atoms with E-state index in [0.29, 0.717) is 5.95 Å². The number of nitrogens with one attached hydrogen (secondary N) is 1. The van der Waals surface area contributed by atoms with Crippen LogP contribution in [0.3, 0.4) is 0 Å². The largest absolute Gasteiger partial charge is 0.354 e. The molecule has 2 rings (SSSR count). The van der Waals surface area contributed by atoms with Gasteiger partial charge >= 0.3 is 0 Å². The van der Waals surface area contributed by atoms with Gasteiger partial charge in [0.1, 0.15) is 5.03 Å². The van der Waals surface area contributed by atoms with Gasteiger partial charge in [-0.25, -0.2) is 9.97 Å². The van der Waals surface area contributed by atoms with E-state index in [2.05, 4.69) is 61.2 Å². The Hall–Kier alpha value is -1.55. The lowest BCUT2D eigenvalue weighted by Crippen LogP contribution is -2.05. The molecule has 1 N–H and O–H groups in total. The smallest absolute Gasteiger partial charge is 0.223 e. The first kappa shape index (κ1) is 14.9. The van der Waals surface area contributed by atoms with E-state index in [1.165, 1.54) is 16.0 Å². The van der Waals surface area contributed by atoms with Crippen molar-refractivity contribution in [2.24, 2.45) is 0 Å². The Labute approximate surface area is 125 Å². The summed E-state index contributed by atoms with van der Waals surface area (Å²) in [5, 5.41) is 4.25. The zero-order valence-corrected chi connectivity index (χ0v) is 13.3. The Kier molecular flexibility index (Phi) is 5.01. The lowest BCUT2D eigenvalue weighted by Gasteiger charge is -2.10. The van der Waals surface area contributed by atoms with Gasteiger partial charge in [0, 0.05) is 23.2 Å². The van der Waals surface area contributed by atoms with Crippen LogP contribution in [-0.4, -0.2) is 16.5 Å². The molecule has 0 saturated heterocycles. The topological polar surface area (TPSA) is 37.8 Å². The fraction of sp³-hybridized carbons (Fsp3) is 0.375. The number of hydrogen-bond donors (Lipinski definition) is 1. The summed E-state index contributed by atoms with van der Waals surface area (Å²) < 4.78 is 0. The van der Waals surface area contributed by atoms with Gasteiger partial charge in [-0.2, -0.15) is 0 Å². The van der Waals surface area contributed by atoms with Crippen molar-refractivity contribution in [2.45, 2.75) is 44.0 Å². The van der Waals surface area contributed by atoms with Gasteiger partial charge in [-0.1, -0.05) is 36.4 Å². The van der Waals surface area contributed by atoms with Crippen LogP contribution in [0.1, 0.15) is 30.0 Å². The van der Waals surface area contributed by atoms with E-state index in [4.69, 9.17) is 0 Å². The lowest BCUT2D eigenvalue weighted by atomic mass is 10.2. The predicted octanol–water partition coefficient (Wildman–Crippen LogP) is 4.37. The normalized spacial score (nSPS) is 10.6. The van der Waals surface area contributed by atoms with Crippen molar-refractivity contribution in [1.29, 1.82) is 0 Å². The first-order chi connectivity index (χ1) is 9.60. The summed E-state index contributed by atoms with van der Waals surface area (Å²) in [5.74, 6) is 0.713. The maximum absolute atomic E-state index is 4.61. The zero-order valence-electron chi connectivity index (χ0n) is 12.5. The summed E-state index contributed by atoms with van der Waals surface area (Å²) in [6.07, 6.45) is 2.95. The maximum atomic E-state index is 4.61. The van der Waals surface area contributed by atoms with Crippen molar-refractivity contribution in [3.05, 3.63) is 41.1 Å². The van der Waals surface area contributed by atoms with Crippen LogP contribution in [0.2, 0.25) is 0 Å². The summed E-state index contributed by atoms with van der Waals surface area (Å²) in [4.78, 5) is 10.2. The third-order valence-corrected chi connectivity index (χ3v) is 4.28. The Morgan fingerprint density at radius 3 is 2.65 bits per heavy atom. The van der Waals surface area contributed by atoms with Gasteiger partial charge in [-0.15, -0.1) is 0 Å². The molecule has 0 aliphatic heterocycles. The van der Waals surface area contributed by atoms with Crippen molar-refractivity contribution in [2.75, 3.05) is 11.9 Å². The number of benzene rings is 1. The fourth-order valence-corrected chi connectivity index (χ4v) is 2.78. The second-order valence-corrected chi connectivity index (χ2v) is 6.01. The molecule has 20 heavy (non-hydrogen) atoms. The third kappa shape index (κ3) is 3.73. The number of hydrogen-bond acceptors (Lipinski definition) is 4. The second kappa shape index (κ2) is 6.75. The highest BCUT2D eigenvalue weighted by Gasteiger charge is 2.08. The van der Waals surface area contributed by atoms with Gasteiger partial charge in [0.15, 0.2) is 0 Å². The molecule has 3 nitrogen and oxygen atoms in total. The Morgan fingerprint density at radius 2 is 1.95 bits per heavy atom. The summed E-state index contributed by atoms with van der Waals surface area (Å²) in [7, 11) is 0. The molecule has 0 radical (unpaired) electrons. The Morgan fingerprint density at radius 1 is 1.15 bits per heavy atom. The number of rotatable bonds is 5. The van der Waals surface area contributed by atoms with E-state index in [0.717, 1.165) is 23.6 Å². The highest BCUT2D eigenvalue weighted by molar-refractivity contribution is 7.99. The Balaban J connectivity index is 2.23. The SMILES string of the molecule is CCCNc1ncc(C)c(Sc2ccc(C)cc2C)n1. The molecule has 0 aliphatic rings. The number of anilines is 1. The van der Waals surface area contributed by atoms with Gasteiger partial charge < -0.3 is 5.32 Å². The molecular weight excluding hydrogens is 266 g/mol. The second-order valence-electron chi connectivity index (χ2n) is 4.98. The van der Waals surface area contributed by atoms with E-state index in [1.807, 2.05) is 6.20 Å². The molecule has 0 fully saturated rings. The van der Waals surface area contributed by atoms with Crippen LogP contribution in [0.25, 0.3) is 0 Å². The molecular formula is C16H21N3S. The van der Waals surface area contributed by atoms with E-state index in [-0.39, 0.29) is 0 Å². The quantitative estimate of drug-likeness (QED) is 0.828. The summed E-state index contributed by atoms with van der Waals surface area (Å²) in [6.45, 7) is 9.34. The van der Waals surface area contributed by atoms with Crippen LogP contribution >= 0.6 is 11.8 Å². The lowest BCUT2D eigenvalue weighted by molar-refractivity contribution is 0.925. The fourth-order valence-electron chi connectivity index (χ4n) is 1.87. The molecule has 4 heteroatoms. The maximum Gasteiger partial charge on any atom is 0.223 e. The summed E-state index contributed by atoms with van der Waals surface area (Å²) in [6, 6.07) is 6.51. The monoisotopic (exact) mass is 287 g/mol. The van der Waals surface area contributed by atoms with Crippen molar-refractivity contribution in [1.82, 2.24) is 9.97 Å². The average Bonchev–Trinajstić information content (AvgIpc) is 2.42. The van der Waals surface area contributed by atoms with Crippen LogP contribution in [0.4, 0.5) is 5.95 Å². The highest BCUT2D eigenvalue weighted by atomic mass is 32.2. The van der Waals surface area contributed by atoms with Crippen molar-refractivity contribution < 1.29 is 0 Å². The van der Waals surface area contributed by atoms with Crippen LogP contribution in [0, 0.1) is 20.8 Å². The van der Waals surface area contributed by atoms with Crippen LogP contribution in [0.5, 0.6) is 0 Å². The number of aryl methyl sites for hydroxylation is 3. The van der Waals surface area contributed by atoms with Crippen molar-refractivity contribution in [3.8, 4) is 0 Å². The molecule has 1 heterocycles. The number of nitrogens with zero attached hydrogens (tertiary/aromatic N) is 2. The highest BCUT2D eigenvalue weighted by Crippen LogP contribution is 2.31. The molecule has 0 amide bonds. The van der Waals surface area contributed by atoms with Crippen LogP contribution < -0.4 is 5.32 Å². The molecule has 0 saturated carbocycles. The van der Waals surface area contributed by atoms with Crippen LogP contribution in [-0.2, 0) is 0 Å². The number of aromatic nitrogens is 2. The Bertz CT molecular complexity index is 596. The predicted molar refractivity (Wildman–Crippen MR) is 85.6 cm³/mol. The summed E-state index contributed by atoms with van der Waals surface area (Å²) >= 11 is 1.71. The van der Waals surface area contributed by atoms with Crippen LogP contribution in [0.15, 0.2) is 34.3 Å². The molecule has 0 atom stereocenters. The molecule has 0 bridgehead atoms. The van der Waals surface area contributed by atoms with Gasteiger partial charge in [-0.05, 0) is 38.8 Å². The standard InChI is InChI=1S/C16H21N3S/c1-5-8-17-16-18-10-13(4)15(19-16)20-14-7-6-11(2)9-12(14)3/h6-7,9-10H,5,8H2,1-4H3,(H,17,18,19). The molecule has 2 aromatic rings. The van der Waals surface area contributed by atoms with Gasteiger partial charge in [-0.3, -0.25) is 0 Å². The molecule has 0 aliphatic carbocycles. The van der Waals surface area contributed by atoms with Crippen molar-refractivity contribution >= 4 is 17.7 Å². The van der Waals surface area contributed by atoms with E-state index in [9.17, 15) is 0 Å². The van der Waals surface area contributed by atoms with Gasteiger partial charge in [0.2, 0.25) is 5.95 Å². The van der Waals surface area contributed by atoms with E-state index < -0.39 is 0 Å². The van der Waals surface area contributed by atoms with Gasteiger partial charge in [0.25, 0.3) is 0 Å². The van der Waals surface area contributed by atoms with Gasteiger partial charge in [0.05, 0.1) is 0 Å². The molecule has 0 spiro atoms. The molecule has 1 aromatic carbocycles. The minimum Gasteiger partial charge on any atom is -0.354 e. The first-order valence-corrected chi connectivity index (χ1v) is 7.74. The summed E-state index contributed by atoms with van der Waals surface area (Å²) in [5.41, 5.74) is 3.68. The van der Waals surface area contributed by atoms with E-state index in [1.54, 1.807) is 11.8 Å². The average molecular weight is 287 g/mol. The van der Waals surface area contributed by atoms with Crippen molar-refractivity contribution in [3.63, 3.8) is 0 Å². The zero-order chi connectivity index (χ0) is 14.5. The van der Waals surface area contributed by atoms with E-state index >= 15 is 0 Å². The first-order valence-electron chi connectivity index (χ1n) is 6.92. The minimum atomic E-state index is 0.713. The molecule has 0 unspecified atom stereocenters. The molecule has 106 valence electrons.